The van der Waals surface area contributed by atoms with E-state index in [1.165, 1.54) is 42.5 Å². The smallest absolute Gasteiger partial charge is 0.204 e. The van der Waals surface area contributed by atoms with Crippen molar-refractivity contribution in [2.45, 2.75) is 71.3 Å². The average Bonchev–Trinajstić information content (AvgIpc) is 2.82. The summed E-state index contributed by atoms with van der Waals surface area (Å²) in [5.74, 6) is -1.97. The maximum atomic E-state index is 14.3. The van der Waals surface area contributed by atoms with Crippen LogP contribution in [0.4, 0.5) is 8.78 Å². The van der Waals surface area contributed by atoms with Gasteiger partial charge in [0.25, 0.3) is 0 Å². The summed E-state index contributed by atoms with van der Waals surface area (Å²) in [6.45, 7) is 5.45. The SMILES string of the molecule is CCCCCc1ccc(C2CCC(COc3ccc(OCCCC)c(F)c3F)CO2)cc1. The molecular formula is C27H36F2O3. The topological polar surface area (TPSA) is 27.7 Å². The van der Waals surface area contributed by atoms with E-state index in [1.807, 2.05) is 6.92 Å². The van der Waals surface area contributed by atoms with E-state index in [0.29, 0.717) is 19.8 Å². The highest BCUT2D eigenvalue weighted by molar-refractivity contribution is 5.35. The number of benzene rings is 2. The molecule has 3 nitrogen and oxygen atoms in total. The van der Waals surface area contributed by atoms with E-state index < -0.39 is 11.6 Å². The Morgan fingerprint density at radius 3 is 2.16 bits per heavy atom. The number of aryl methyl sites for hydroxylation is 1. The van der Waals surface area contributed by atoms with Gasteiger partial charge in [-0.1, -0.05) is 57.4 Å². The van der Waals surface area contributed by atoms with E-state index in [2.05, 4.69) is 31.2 Å². The molecule has 2 unspecified atom stereocenters. The molecule has 1 saturated heterocycles. The molecule has 32 heavy (non-hydrogen) atoms. The fraction of sp³-hybridized carbons (Fsp3) is 0.556. The van der Waals surface area contributed by atoms with Gasteiger partial charge in [-0.15, -0.1) is 0 Å². The molecule has 1 aliphatic heterocycles. The molecule has 5 heteroatoms. The fourth-order valence-corrected chi connectivity index (χ4v) is 3.95. The number of ether oxygens (including phenoxy) is 3. The first-order valence-electron chi connectivity index (χ1n) is 12.1. The van der Waals surface area contributed by atoms with Crippen molar-refractivity contribution in [1.82, 2.24) is 0 Å². The summed E-state index contributed by atoms with van der Waals surface area (Å²) in [5, 5.41) is 0. The van der Waals surface area contributed by atoms with Gasteiger partial charge in [0.15, 0.2) is 11.5 Å². The minimum absolute atomic E-state index is 0.0662. The van der Waals surface area contributed by atoms with E-state index in [0.717, 1.165) is 32.1 Å². The van der Waals surface area contributed by atoms with Gasteiger partial charge in [0.05, 0.1) is 25.9 Å². The average molecular weight is 447 g/mol. The quantitative estimate of drug-likeness (QED) is 0.317. The normalized spacial score (nSPS) is 18.5. The Morgan fingerprint density at radius 2 is 1.53 bits per heavy atom. The first-order chi connectivity index (χ1) is 15.6. The Morgan fingerprint density at radius 1 is 0.844 bits per heavy atom. The summed E-state index contributed by atoms with van der Waals surface area (Å²) in [5.41, 5.74) is 2.58. The van der Waals surface area contributed by atoms with Gasteiger partial charge in [-0.05, 0) is 55.4 Å². The molecule has 2 aromatic rings. The van der Waals surface area contributed by atoms with Gasteiger partial charge in [0.2, 0.25) is 11.6 Å². The maximum absolute atomic E-state index is 14.3. The van der Waals surface area contributed by atoms with Gasteiger partial charge >= 0.3 is 0 Å². The molecule has 1 fully saturated rings. The molecule has 2 atom stereocenters. The summed E-state index contributed by atoms with van der Waals surface area (Å²) in [4.78, 5) is 0. The van der Waals surface area contributed by atoms with Crippen molar-refractivity contribution in [3.8, 4) is 11.5 Å². The Hall–Kier alpha value is -2.14. The second-order valence-corrected chi connectivity index (χ2v) is 8.67. The van der Waals surface area contributed by atoms with Crippen LogP contribution >= 0.6 is 0 Å². The predicted octanol–water partition coefficient (Wildman–Crippen LogP) is 7.42. The van der Waals surface area contributed by atoms with Gasteiger partial charge < -0.3 is 14.2 Å². The van der Waals surface area contributed by atoms with Crippen LogP contribution in [-0.4, -0.2) is 19.8 Å². The lowest BCUT2D eigenvalue weighted by Gasteiger charge is -2.29. The molecule has 0 radical (unpaired) electrons. The lowest BCUT2D eigenvalue weighted by atomic mass is 9.94. The van der Waals surface area contributed by atoms with Crippen molar-refractivity contribution in [2.75, 3.05) is 19.8 Å². The Kier molecular flexibility index (Phi) is 9.79. The summed E-state index contributed by atoms with van der Waals surface area (Å²) in [6.07, 6.45) is 8.49. The van der Waals surface area contributed by atoms with E-state index in [4.69, 9.17) is 14.2 Å². The summed E-state index contributed by atoms with van der Waals surface area (Å²) in [6, 6.07) is 11.6. The van der Waals surface area contributed by atoms with Crippen molar-refractivity contribution in [3.05, 3.63) is 59.2 Å². The second kappa shape index (κ2) is 12.8. The third-order valence-corrected chi connectivity index (χ3v) is 6.03. The fourth-order valence-electron chi connectivity index (χ4n) is 3.95. The second-order valence-electron chi connectivity index (χ2n) is 8.67. The summed E-state index contributed by atoms with van der Waals surface area (Å²) < 4.78 is 45.5. The third-order valence-electron chi connectivity index (χ3n) is 6.03. The first-order valence-corrected chi connectivity index (χ1v) is 12.1. The molecule has 0 aromatic heterocycles. The molecule has 0 saturated carbocycles. The monoisotopic (exact) mass is 446 g/mol. The Balaban J connectivity index is 1.45. The Bertz CT molecular complexity index is 814. The molecule has 0 bridgehead atoms. The van der Waals surface area contributed by atoms with Gasteiger partial charge in [0, 0.05) is 5.92 Å². The largest absolute Gasteiger partial charge is 0.490 e. The van der Waals surface area contributed by atoms with Gasteiger partial charge in [-0.25, -0.2) is 0 Å². The van der Waals surface area contributed by atoms with Gasteiger partial charge in [0.1, 0.15) is 0 Å². The zero-order valence-corrected chi connectivity index (χ0v) is 19.4. The number of rotatable bonds is 12. The maximum Gasteiger partial charge on any atom is 0.204 e. The van der Waals surface area contributed by atoms with Crippen LogP contribution in [0.2, 0.25) is 0 Å². The molecule has 1 heterocycles. The molecular weight excluding hydrogens is 410 g/mol. The molecule has 0 aliphatic carbocycles. The molecule has 1 aliphatic rings. The zero-order chi connectivity index (χ0) is 22.8. The van der Waals surface area contributed by atoms with Crippen LogP contribution < -0.4 is 9.47 Å². The molecule has 2 aromatic carbocycles. The summed E-state index contributed by atoms with van der Waals surface area (Å²) >= 11 is 0. The lowest BCUT2D eigenvalue weighted by Crippen LogP contribution is -2.25. The van der Waals surface area contributed by atoms with Crippen LogP contribution in [0, 0.1) is 17.6 Å². The molecule has 0 spiro atoms. The van der Waals surface area contributed by atoms with E-state index in [9.17, 15) is 8.78 Å². The van der Waals surface area contributed by atoms with E-state index >= 15 is 0 Å². The lowest BCUT2D eigenvalue weighted by molar-refractivity contribution is -0.0289. The number of hydrogen-bond acceptors (Lipinski definition) is 3. The van der Waals surface area contributed by atoms with Crippen molar-refractivity contribution in [3.63, 3.8) is 0 Å². The molecule has 3 rings (SSSR count). The van der Waals surface area contributed by atoms with Crippen molar-refractivity contribution >= 4 is 0 Å². The van der Waals surface area contributed by atoms with Gasteiger partial charge in [-0.3, -0.25) is 0 Å². The number of hydrogen-bond donors (Lipinski definition) is 0. The van der Waals surface area contributed by atoms with Crippen LogP contribution in [0.15, 0.2) is 36.4 Å². The van der Waals surface area contributed by atoms with Crippen LogP contribution in [-0.2, 0) is 11.2 Å². The van der Waals surface area contributed by atoms with Gasteiger partial charge in [-0.2, -0.15) is 8.78 Å². The first kappa shape index (κ1) is 24.5. The zero-order valence-electron chi connectivity index (χ0n) is 19.4. The number of halogens is 2. The highest BCUT2D eigenvalue weighted by atomic mass is 19.2. The van der Waals surface area contributed by atoms with Crippen LogP contribution in [0.1, 0.15) is 76.0 Å². The predicted molar refractivity (Wildman–Crippen MR) is 123 cm³/mol. The minimum Gasteiger partial charge on any atom is -0.490 e. The summed E-state index contributed by atoms with van der Waals surface area (Å²) in [7, 11) is 0. The van der Waals surface area contributed by atoms with Crippen LogP contribution in [0.25, 0.3) is 0 Å². The molecule has 0 N–H and O–H groups in total. The minimum atomic E-state index is -0.993. The molecule has 0 amide bonds. The van der Waals surface area contributed by atoms with E-state index in [1.54, 1.807) is 0 Å². The highest BCUT2D eigenvalue weighted by Gasteiger charge is 2.24. The Labute approximate surface area is 191 Å². The number of unbranched alkanes of at least 4 members (excludes halogenated alkanes) is 3. The highest BCUT2D eigenvalue weighted by Crippen LogP contribution is 2.32. The van der Waals surface area contributed by atoms with Crippen molar-refractivity contribution < 1.29 is 23.0 Å². The van der Waals surface area contributed by atoms with Crippen molar-refractivity contribution in [2.24, 2.45) is 5.92 Å². The van der Waals surface area contributed by atoms with Crippen molar-refractivity contribution in [1.29, 1.82) is 0 Å². The molecule has 176 valence electrons. The van der Waals surface area contributed by atoms with Crippen LogP contribution in [0.5, 0.6) is 11.5 Å². The van der Waals surface area contributed by atoms with Crippen LogP contribution in [0.3, 0.4) is 0 Å². The standard InChI is InChI=1S/C27H36F2O3/c1-3-5-7-8-20-9-12-22(13-10-20)23-14-11-21(18-31-23)19-32-25-16-15-24(26(28)27(25)29)30-17-6-4-2/h9-10,12-13,15-16,21,23H,3-8,11,14,17-19H2,1-2H3. The third kappa shape index (κ3) is 6.93. The van der Waals surface area contributed by atoms with E-state index in [-0.39, 0.29) is 23.5 Å².